The van der Waals surface area contributed by atoms with Crippen LogP contribution >= 0.6 is 0 Å². The second-order valence-electron chi connectivity index (χ2n) is 8.19. The van der Waals surface area contributed by atoms with E-state index >= 15 is 0 Å². The molecular weight excluding hydrogens is 362 g/mol. The predicted octanol–water partition coefficient (Wildman–Crippen LogP) is 5.61. The van der Waals surface area contributed by atoms with Gasteiger partial charge in [-0.3, -0.25) is 4.79 Å². The van der Waals surface area contributed by atoms with E-state index in [1.54, 1.807) is 7.11 Å². The van der Waals surface area contributed by atoms with E-state index in [1.165, 1.54) is 5.57 Å². The Balaban J connectivity index is 1.94. The first-order valence-corrected chi connectivity index (χ1v) is 9.99. The van der Waals surface area contributed by atoms with Gasteiger partial charge in [-0.05, 0) is 57.9 Å². The van der Waals surface area contributed by atoms with Crippen molar-refractivity contribution in [3.8, 4) is 11.5 Å². The fourth-order valence-corrected chi connectivity index (χ4v) is 4.15. The van der Waals surface area contributed by atoms with Crippen molar-refractivity contribution >= 4 is 27.9 Å². The summed E-state index contributed by atoms with van der Waals surface area (Å²) < 4.78 is 14.1. The van der Waals surface area contributed by atoms with Crippen LogP contribution in [0.3, 0.4) is 0 Å². The molecule has 0 radical (unpaired) electrons. The Labute approximate surface area is 171 Å². The lowest BCUT2D eigenvalue weighted by Crippen LogP contribution is -2.32. The van der Waals surface area contributed by atoms with Crippen LogP contribution in [0.4, 0.5) is 0 Å². The number of para-hydroxylation sites is 1. The van der Waals surface area contributed by atoms with Crippen molar-refractivity contribution in [1.82, 2.24) is 4.57 Å². The van der Waals surface area contributed by atoms with Crippen LogP contribution in [0.5, 0.6) is 11.5 Å². The highest BCUT2D eigenvalue weighted by molar-refractivity contribution is 6.02. The zero-order valence-corrected chi connectivity index (χ0v) is 17.7. The Kier molecular flexibility index (Phi) is 4.73. The maximum atomic E-state index is 13.3. The van der Waals surface area contributed by atoms with Gasteiger partial charge in [0.25, 0.3) is 0 Å². The van der Waals surface area contributed by atoms with Crippen molar-refractivity contribution in [3.05, 3.63) is 63.8 Å². The summed E-state index contributed by atoms with van der Waals surface area (Å²) in [5.41, 5.74) is 3.55. The van der Waals surface area contributed by atoms with Crippen LogP contribution in [-0.2, 0) is 7.05 Å². The molecule has 4 rings (SSSR count). The molecule has 0 spiro atoms. The Bertz CT molecular complexity index is 1230. The zero-order chi connectivity index (χ0) is 20.8. The van der Waals surface area contributed by atoms with Gasteiger partial charge in [0.2, 0.25) is 5.43 Å². The highest BCUT2D eigenvalue weighted by Crippen LogP contribution is 2.41. The van der Waals surface area contributed by atoms with Crippen LogP contribution in [0.15, 0.2) is 52.9 Å². The number of hydrogen-bond acceptors (Lipinski definition) is 3. The number of rotatable bonds is 4. The monoisotopic (exact) mass is 389 g/mol. The molecule has 0 amide bonds. The summed E-state index contributed by atoms with van der Waals surface area (Å²) >= 11 is 0. The van der Waals surface area contributed by atoms with Gasteiger partial charge in [-0.15, -0.1) is 0 Å². The van der Waals surface area contributed by atoms with Crippen LogP contribution < -0.4 is 14.9 Å². The lowest BCUT2D eigenvalue weighted by atomic mass is 9.93. The SMILES string of the molecule is COc1cc2c(c3c1c(=O)c1ccccc1n3C)C=CC(C)(CCC=C(C)C)O2. The van der Waals surface area contributed by atoms with Gasteiger partial charge in [-0.25, -0.2) is 0 Å². The van der Waals surface area contributed by atoms with Crippen molar-refractivity contribution in [2.75, 3.05) is 7.11 Å². The Morgan fingerprint density at radius 2 is 2.03 bits per heavy atom. The molecule has 1 unspecified atom stereocenters. The van der Waals surface area contributed by atoms with Gasteiger partial charge in [0.05, 0.1) is 23.5 Å². The summed E-state index contributed by atoms with van der Waals surface area (Å²) in [5, 5.41) is 1.28. The molecule has 0 N–H and O–H groups in total. The van der Waals surface area contributed by atoms with Crippen LogP contribution in [0, 0.1) is 0 Å². The molecule has 0 saturated carbocycles. The molecule has 1 aromatic heterocycles. The lowest BCUT2D eigenvalue weighted by molar-refractivity contribution is 0.128. The molecule has 1 aliphatic heterocycles. The summed E-state index contributed by atoms with van der Waals surface area (Å²) in [5.74, 6) is 1.30. The molecule has 0 aliphatic carbocycles. The topological polar surface area (TPSA) is 40.5 Å². The number of nitrogens with zero attached hydrogens (tertiary/aromatic N) is 1. The minimum atomic E-state index is -0.395. The number of methoxy groups -OCH3 is 1. The van der Waals surface area contributed by atoms with E-state index in [0.717, 1.165) is 35.2 Å². The van der Waals surface area contributed by atoms with Gasteiger partial charge in [0.15, 0.2) is 0 Å². The Morgan fingerprint density at radius 3 is 2.76 bits per heavy atom. The van der Waals surface area contributed by atoms with E-state index in [0.29, 0.717) is 16.5 Å². The largest absolute Gasteiger partial charge is 0.496 e. The third-order valence-electron chi connectivity index (χ3n) is 5.70. The summed E-state index contributed by atoms with van der Waals surface area (Å²) in [7, 11) is 3.59. The fourth-order valence-electron chi connectivity index (χ4n) is 4.15. The van der Waals surface area contributed by atoms with Gasteiger partial charge < -0.3 is 14.0 Å². The van der Waals surface area contributed by atoms with E-state index < -0.39 is 5.60 Å². The molecule has 4 nitrogen and oxygen atoms in total. The highest BCUT2D eigenvalue weighted by atomic mass is 16.5. The number of fused-ring (bicyclic) bond motifs is 4. The number of aromatic nitrogens is 1. The van der Waals surface area contributed by atoms with Crippen molar-refractivity contribution in [2.24, 2.45) is 7.05 Å². The smallest absolute Gasteiger partial charge is 0.200 e. The average molecular weight is 389 g/mol. The molecule has 1 atom stereocenters. The summed E-state index contributed by atoms with van der Waals surface area (Å²) in [6.07, 6.45) is 8.27. The van der Waals surface area contributed by atoms with Gasteiger partial charge in [-0.1, -0.05) is 23.8 Å². The van der Waals surface area contributed by atoms with Crippen molar-refractivity contribution in [3.63, 3.8) is 0 Å². The number of pyridine rings is 1. The molecule has 4 heteroatoms. The first-order valence-electron chi connectivity index (χ1n) is 9.99. The molecule has 150 valence electrons. The summed E-state index contributed by atoms with van der Waals surface area (Å²) in [6.45, 7) is 6.31. The van der Waals surface area contributed by atoms with E-state index in [9.17, 15) is 4.79 Å². The van der Waals surface area contributed by atoms with Crippen molar-refractivity contribution in [2.45, 2.75) is 39.2 Å². The lowest BCUT2D eigenvalue weighted by Gasteiger charge is -2.32. The minimum absolute atomic E-state index is 0.0151. The predicted molar refractivity (Wildman–Crippen MR) is 120 cm³/mol. The van der Waals surface area contributed by atoms with E-state index in [2.05, 4.69) is 43.6 Å². The normalized spacial score (nSPS) is 17.8. The third kappa shape index (κ3) is 3.23. The molecular formula is C25H27NO3. The quantitative estimate of drug-likeness (QED) is 0.430. The van der Waals surface area contributed by atoms with E-state index in [4.69, 9.17) is 9.47 Å². The van der Waals surface area contributed by atoms with E-state index in [-0.39, 0.29) is 5.43 Å². The first kappa shape index (κ1) is 19.3. The Morgan fingerprint density at radius 1 is 1.28 bits per heavy atom. The molecule has 2 heterocycles. The highest BCUT2D eigenvalue weighted by Gasteiger charge is 2.30. The fraction of sp³-hybridized carbons (Fsp3) is 0.320. The first-order chi connectivity index (χ1) is 13.8. The van der Waals surface area contributed by atoms with Crippen molar-refractivity contribution < 1.29 is 9.47 Å². The number of ether oxygens (including phenoxy) is 2. The number of allylic oxidation sites excluding steroid dienone is 2. The Hall–Kier alpha value is -3.01. The van der Waals surface area contributed by atoms with Crippen LogP contribution in [0.1, 0.15) is 39.2 Å². The molecule has 3 aromatic rings. The molecule has 0 bridgehead atoms. The second kappa shape index (κ2) is 7.11. The number of benzene rings is 2. The third-order valence-corrected chi connectivity index (χ3v) is 5.70. The minimum Gasteiger partial charge on any atom is -0.496 e. The standard InChI is InChI=1S/C25H27NO3/c1-16(2)9-8-13-25(3)14-12-18-20(29-25)15-21(28-5)22-23(18)26(4)19-11-7-6-10-17(19)24(22)27/h6-7,9-12,14-15H,8,13H2,1-5H3. The molecule has 0 fully saturated rings. The zero-order valence-electron chi connectivity index (χ0n) is 17.7. The van der Waals surface area contributed by atoms with Gasteiger partial charge in [0.1, 0.15) is 17.1 Å². The van der Waals surface area contributed by atoms with Gasteiger partial charge in [-0.2, -0.15) is 0 Å². The van der Waals surface area contributed by atoms with Crippen molar-refractivity contribution in [1.29, 1.82) is 0 Å². The average Bonchev–Trinajstić information content (AvgIpc) is 2.70. The molecule has 0 saturated heterocycles. The summed E-state index contributed by atoms with van der Waals surface area (Å²) in [4.78, 5) is 13.3. The van der Waals surface area contributed by atoms with Crippen LogP contribution in [-0.4, -0.2) is 17.3 Å². The number of hydrogen-bond donors (Lipinski definition) is 0. The van der Waals surface area contributed by atoms with E-state index in [1.807, 2.05) is 37.4 Å². The van der Waals surface area contributed by atoms with Gasteiger partial charge >= 0.3 is 0 Å². The van der Waals surface area contributed by atoms with Gasteiger partial charge in [0, 0.05) is 24.1 Å². The van der Waals surface area contributed by atoms with Crippen LogP contribution in [0.2, 0.25) is 0 Å². The van der Waals surface area contributed by atoms with Crippen LogP contribution in [0.25, 0.3) is 27.9 Å². The maximum Gasteiger partial charge on any atom is 0.200 e. The molecule has 2 aromatic carbocycles. The molecule has 1 aliphatic rings. The molecule has 29 heavy (non-hydrogen) atoms. The number of aryl methyl sites for hydroxylation is 1. The second-order valence-corrected chi connectivity index (χ2v) is 8.19. The summed E-state index contributed by atoms with van der Waals surface area (Å²) in [6, 6.07) is 9.53. The maximum absolute atomic E-state index is 13.3.